The fourth-order valence-corrected chi connectivity index (χ4v) is 3.29. The minimum Gasteiger partial charge on any atom is -0.490 e. The molecular weight excluding hydrogens is 361 g/mol. The molecule has 27 heavy (non-hydrogen) atoms. The highest BCUT2D eigenvalue weighted by atomic mass is 19.4. The number of hydrogen-bond donors (Lipinski definition) is 0. The number of rotatable bonds is 6. The molecule has 1 aromatic carbocycles. The van der Waals surface area contributed by atoms with Crippen LogP contribution in [-0.2, 0) is 6.54 Å². The second-order valence-electron chi connectivity index (χ2n) is 7.11. The number of ether oxygens (including phenoxy) is 2. The van der Waals surface area contributed by atoms with Gasteiger partial charge in [0.1, 0.15) is 23.4 Å². The van der Waals surface area contributed by atoms with Crippen molar-refractivity contribution in [3.05, 3.63) is 41.8 Å². The molecule has 2 fully saturated rings. The summed E-state index contributed by atoms with van der Waals surface area (Å²) < 4.78 is 51.7. The Hall–Kier alpha value is -2.22. The van der Waals surface area contributed by atoms with Crippen molar-refractivity contribution >= 4 is 0 Å². The minimum absolute atomic E-state index is 0.0509. The van der Waals surface area contributed by atoms with Crippen LogP contribution < -0.4 is 9.47 Å². The Balaban J connectivity index is 1.23. The van der Waals surface area contributed by atoms with E-state index < -0.39 is 6.36 Å². The zero-order valence-electron chi connectivity index (χ0n) is 14.7. The molecule has 0 N–H and O–H groups in total. The predicted octanol–water partition coefficient (Wildman–Crippen LogP) is 4.49. The second kappa shape index (κ2) is 7.42. The number of piperidine rings is 1. The fourth-order valence-electron chi connectivity index (χ4n) is 3.29. The molecule has 2 aliphatic rings. The lowest BCUT2D eigenvalue weighted by atomic mass is 10.1. The Kier molecular flexibility index (Phi) is 4.99. The predicted molar refractivity (Wildman–Crippen MR) is 90.5 cm³/mol. The zero-order valence-corrected chi connectivity index (χ0v) is 14.7. The van der Waals surface area contributed by atoms with Crippen LogP contribution in [0.4, 0.5) is 13.2 Å². The van der Waals surface area contributed by atoms with Gasteiger partial charge in [0, 0.05) is 31.6 Å². The van der Waals surface area contributed by atoms with Crippen LogP contribution in [0.2, 0.25) is 0 Å². The average Bonchev–Trinajstić information content (AvgIpc) is 3.37. The molecule has 4 rings (SSSR count). The van der Waals surface area contributed by atoms with Gasteiger partial charge in [-0.25, -0.2) is 0 Å². The van der Waals surface area contributed by atoms with Gasteiger partial charge < -0.3 is 14.0 Å². The molecule has 0 atom stereocenters. The van der Waals surface area contributed by atoms with Crippen molar-refractivity contribution < 1.29 is 27.2 Å². The highest BCUT2D eigenvalue weighted by Gasteiger charge is 2.31. The van der Waals surface area contributed by atoms with E-state index >= 15 is 0 Å². The number of nitrogens with zero attached hydrogens (tertiary/aromatic N) is 2. The summed E-state index contributed by atoms with van der Waals surface area (Å²) in [4.78, 5) is 2.31. The van der Waals surface area contributed by atoms with E-state index in [0.29, 0.717) is 11.7 Å². The third-order valence-corrected chi connectivity index (χ3v) is 4.84. The lowest BCUT2D eigenvalue weighted by Gasteiger charge is -2.31. The number of hydrogen-bond acceptors (Lipinski definition) is 5. The molecule has 0 unspecified atom stereocenters. The summed E-state index contributed by atoms with van der Waals surface area (Å²) in [5.74, 6) is 1.87. The molecule has 0 spiro atoms. The lowest BCUT2D eigenvalue weighted by Crippen LogP contribution is -2.37. The average molecular weight is 382 g/mol. The Labute approximate surface area is 155 Å². The van der Waals surface area contributed by atoms with Crippen LogP contribution in [0.15, 0.2) is 34.9 Å². The zero-order chi connectivity index (χ0) is 18.9. The number of alkyl halides is 3. The van der Waals surface area contributed by atoms with E-state index in [1.54, 1.807) is 0 Å². The second-order valence-corrected chi connectivity index (χ2v) is 7.11. The van der Waals surface area contributed by atoms with Gasteiger partial charge in [0.25, 0.3) is 0 Å². The van der Waals surface area contributed by atoms with E-state index in [1.807, 2.05) is 0 Å². The molecule has 0 bridgehead atoms. The first-order valence-electron chi connectivity index (χ1n) is 9.15. The topological polar surface area (TPSA) is 47.7 Å². The molecule has 2 aromatic rings. The minimum atomic E-state index is -4.68. The maximum atomic E-state index is 12.2. The Morgan fingerprint density at radius 3 is 2.33 bits per heavy atom. The van der Waals surface area contributed by atoms with Gasteiger partial charge in [-0.1, -0.05) is 5.16 Å². The number of likely N-dealkylation sites (tertiary alicyclic amines) is 1. The molecule has 1 aliphatic heterocycles. The molecular formula is C19H21F3N2O3. The summed E-state index contributed by atoms with van der Waals surface area (Å²) in [6.07, 6.45) is -0.530. The normalized spacial score (nSPS) is 19.2. The van der Waals surface area contributed by atoms with Gasteiger partial charge in [-0.15, -0.1) is 13.2 Å². The monoisotopic (exact) mass is 382 g/mol. The molecule has 146 valence electrons. The van der Waals surface area contributed by atoms with Crippen molar-refractivity contribution in [3.8, 4) is 11.5 Å². The summed E-state index contributed by atoms with van der Waals surface area (Å²) in [5, 5.41) is 4.15. The molecule has 0 amide bonds. The smallest absolute Gasteiger partial charge is 0.490 e. The first kappa shape index (κ1) is 18.2. The van der Waals surface area contributed by atoms with E-state index in [4.69, 9.17) is 9.26 Å². The van der Waals surface area contributed by atoms with Gasteiger partial charge >= 0.3 is 6.36 Å². The van der Waals surface area contributed by atoms with Gasteiger partial charge in [0.15, 0.2) is 0 Å². The van der Waals surface area contributed by atoms with Crippen LogP contribution in [0.3, 0.4) is 0 Å². The molecule has 5 nitrogen and oxygen atoms in total. The summed E-state index contributed by atoms with van der Waals surface area (Å²) in [7, 11) is 0. The molecule has 1 saturated carbocycles. The fraction of sp³-hybridized carbons (Fsp3) is 0.526. The SMILES string of the molecule is FC(F)(F)Oc1ccc(OC2CCN(Cc3cc(C4CC4)on3)CC2)cc1. The van der Waals surface area contributed by atoms with Crippen LogP contribution in [-0.4, -0.2) is 35.6 Å². The molecule has 1 aromatic heterocycles. The van der Waals surface area contributed by atoms with Crippen LogP contribution in [0, 0.1) is 0 Å². The van der Waals surface area contributed by atoms with Crippen molar-refractivity contribution in [3.63, 3.8) is 0 Å². The molecule has 2 heterocycles. The van der Waals surface area contributed by atoms with Crippen molar-refractivity contribution in [1.82, 2.24) is 10.1 Å². The van der Waals surface area contributed by atoms with Gasteiger partial charge in [-0.3, -0.25) is 4.90 Å². The maximum absolute atomic E-state index is 12.2. The Bertz CT molecular complexity index is 748. The summed E-state index contributed by atoms with van der Waals surface area (Å²) in [6, 6.07) is 7.59. The van der Waals surface area contributed by atoms with E-state index in [-0.39, 0.29) is 11.9 Å². The van der Waals surface area contributed by atoms with E-state index in [0.717, 1.165) is 43.9 Å². The summed E-state index contributed by atoms with van der Waals surface area (Å²) in [6.45, 7) is 2.53. The van der Waals surface area contributed by atoms with E-state index in [2.05, 4.69) is 20.9 Å². The first-order valence-corrected chi connectivity index (χ1v) is 9.15. The first-order chi connectivity index (χ1) is 12.9. The van der Waals surface area contributed by atoms with E-state index in [9.17, 15) is 13.2 Å². The Morgan fingerprint density at radius 2 is 1.70 bits per heavy atom. The van der Waals surface area contributed by atoms with Crippen LogP contribution in [0.1, 0.15) is 43.1 Å². The lowest BCUT2D eigenvalue weighted by molar-refractivity contribution is -0.274. The highest BCUT2D eigenvalue weighted by Crippen LogP contribution is 2.40. The molecule has 1 saturated heterocycles. The van der Waals surface area contributed by atoms with Gasteiger partial charge in [0.2, 0.25) is 0 Å². The van der Waals surface area contributed by atoms with Gasteiger partial charge in [-0.05, 0) is 49.9 Å². The number of benzene rings is 1. The molecule has 8 heteroatoms. The third kappa shape index (κ3) is 5.15. The van der Waals surface area contributed by atoms with Gasteiger partial charge in [0.05, 0.1) is 5.69 Å². The largest absolute Gasteiger partial charge is 0.573 e. The Morgan fingerprint density at radius 1 is 1.04 bits per heavy atom. The van der Waals surface area contributed by atoms with Crippen LogP contribution in [0.5, 0.6) is 11.5 Å². The number of halogens is 3. The highest BCUT2D eigenvalue weighted by molar-refractivity contribution is 5.31. The summed E-state index contributed by atoms with van der Waals surface area (Å²) >= 11 is 0. The van der Waals surface area contributed by atoms with Crippen molar-refractivity contribution in [1.29, 1.82) is 0 Å². The quantitative estimate of drug-likeness (QED) is 0.737. The maximum Gasteiger partial charge on any atom is 0.573 e. The third-order valence-electron chi connectivity index (χ3n) is 4.84. The van der Waals surface area contributed by atoms with Gasteiger partial charge in [-0.2, -0.15) is 0 Å². The van der Waals surface area contributed by atoms with Crippen molar-refractivity contribution in [2.45, 2.75) is 50.6 Å². The van der Waals surface area contributed by atoms with E-state index in [1.165, 1.54) is 37.1 Å². The number of aromatic nitrogens is 1. The molecule has 1 aliphatic carbocycles. The van der Waals surface area contributed by atoms with Crippen LogP contribution >= 0.6 is 0 Å². The van der Waals surface area contributed by atoms with Crippen molar-refractivity contribution in [2.75, 3.05) is 13.1 Å². The molecule has 0 radical (unpaired) electrons. The van der Waals surface area contributed by atoms with Crippen molar-refractivity contribution in [2.24, 2.45) is 0 Å². The van der Waals surface area contributed by atoms with Crippen LogP contribution in [0.25, 0.3) is 0 Å². The summed E-state index contributed by atoms with van der Waals surface area (Å²) in [5.41, 5.74) is 0.969. The standard InChI is InChI=1S/C19H21F3N2O3/c20-19(21,22)26-17-5-3-15(4-6-17)25-16-7-9-24(10-8-16)12-14-11-18(27-23-14)13-1-2-13/h3-6,11,13,16H,1-2,7-10,12H2.